The summed E-state index contributed by atoms with van der Waals surface area (Å²) in [6.45, 7) is 6.20. The Kier molecular flexibility index (Phi) is 7.39. The molecule has 1 aliphatic heterocycles. The summed E-state index contributed by atoms with van der Waals surface area (Å²) in [6.07, 6.45) is 3.00. The van der Waals surface area contributed by atoms with Gasteiger partial charge in [0, 0.05) is 27.2 Å². The highest BCUT2D eigenvalue weighted by molar-refractivity contribution is 6.15. The molecule has 1 saturated heterocycles. The number of nitrogens with one attached hydrogen (secondary N) is 1. The Morgan fingerprint density at radius 3 is 2.74 bits per heavy atom. The van der Waals surface area contributed by atoms with Gasteiger partial charge in [0.15, 0.2) is 17.3 Å². The summed E-state index contributed by atoms with van der Waals surface area (Å²) in [4.78, 5) is 30.7. The summed E-state index contributed by atoms with van der Waals surface area (Å²) in [6, 6.07) is 1.03. The van der Waals surface area contributed by atoms with Crippen molar-refractivity contribution in [2.75, 3.05) is 32.6 Å². The summed E-state index contributed by atoms with van der Waals surface area (Å²) in [5.74, 6) is 2.17. The highest BCUT2D eigenvalue weighted by atomic mass is 28.1. The number of rotatable bonds is 7. The number of methoxy groups -OCH3 is 1. The number of aromatic nitrogens is 4. The molecule has 10 nitrogen and oxygen atoms in total. The number of carbonyl (C=O) groups is 2. The molecule has 38 heavy (non-hydrogen) atoms. The van der Waals surface area contributed by atoms with Crippen LogP contribution in [0.3, 0.4) is 0 Å². The number of fused-ring (bicyclic) bond motifs is 1. The monoisotopic (exact) mass is 538 g/mol. The van der Waals surface area contributed by atoms with E-state index in [1.54, 1.807) is 18.9 Å². The van der Waals surface area contributed by atoms with Crippen molar-refractivity contribution in [2.24, 2.45) is 5.73 Å². The Hall–Kier alpha value is -4.02. The highest BCUT2D eigenvalue weighted by Crippen LogP contribution is 2.35. The van der Waals surface area contributed by atoms with Crippen molar-refractivity contribution in [2.45, 2.75) is 31.1 Å². The van der Waals surface area contributed by atoms with E-state index in [1.807, 2.05) is 0 Å². The van der Waals surface area contributed by atoms with Crippen LogP contribution in [0.2, 0.25) is 0 Å². The van der Waals surface area contributed by atoms with Gasteiger partial charge in [-0.15, -0.1) is 0 Å². The Balaban J connectivity index is 1.82. The Bertz CT molecular complexity index is 1510. The molecule has 3 radical (unpaired) electrons. The molecular formula is C25H26F2N7O3Si. The van der Waals surface area contributed by atoms with Crippen molar-refractivity contribution in [3.63, 3.8) is 0 Å². The summed E-state index contributed by atoms with van der Waals surface area (Å²) in [5.41, 5.74) is 5.63. The molecule has 0 saturated carbocycles. The van der Waals surface area contributed by atoms with Crippen molar-refractivity contribution in [1.82, 2.24) is 24.2 Å². The van der Waals surface area contributed by atoms with Crippen LogP contribution in [-0.2, 0) is 21.2 Å². The van der Waals surface area contributed by atoms with Gasteiger partial charge in [-0.25, -0.2) is 18.4 Å². The van der Waals surface area contributed by atoms with Crippen LogP contribution in [0.15, 0.2) is 25.0 Å². The summed E-state index contributed by atoms with van der Waals surface area (Å²) in [7, 11) is 6.87. The van der Waals surface area contributed by atoms with Crippen LogP contribution in [0.5, 0.6) is 0 Å². The van der Waals surface area contributed by atoms with Gasteiger partial charge in [-0.3, -0.25) is 9.59 Å². The number of anilines is 1. The molecule has 4 rings (SSSR count). The van der Waals surface area contributed by atoms with Crippen LogP contribution in [0.1, 0.15) is 35.0 Å². The van der Waals surface area contributed by atoms with Crippen molar-refractivity contribution >= 4 is 38.9 Å². The maximum Gasteiger partial charge on any atom is 0.255 e. The minimum atomic E-state index is -1.14. The largest absolute Gasteiger partial charge is 0.383 e. The van der Waals surface area contributed by atoms with Crippen LogP contribution in [0.4, 0.5) is 14.6 Å². The number of nitrogens with zero attached hydrogens (tertiary/aromatic N) is 5. The lowest BCUT2D eigenvalue weighted by molar-refractivity contribution is -0.127. The Morgan fingerprint density at radius 1 is 1.39 bits per heavy atom. The molecule has 0 bridgehead atoms. The lowest BCUT2D eigenvalue weighted by Crippen LogP contribution is -2.41. The number of halogens is 2. The second kappa shape index (κ2) is 10.4. The minimum absolute atomic E-state index is 0.0355. The van der Waals surface area contributed by atoms with Gasteiger partial charge in [-0.05, 0) is 31.4 Å². The molecule has 1 fully saturated rings. The normalized spacial score (nSPS) is 18.9. The van der Waals surface area contributed by atoms with Crippen LogP contribution in [-0.4, -0.2) is 79.6 Å². The third-order valence-electron chi connectivity index (χ3n) is 6.48. The minimum Gasteiger partial charge on any atom is -0.383 e. The van der Waals surface area contributed by atoms with Crippen LogP contribution < -0.4 is 11.1 Å². The van der Waals surface area contributed by atoms with E-state index >= 15 is 0 Å². The molecule has 3 heterocycles. The number of benzene rings is 1. The third-order valence-corrected chi connectivity index (χ3v) is 7.05. The van der Waals surface area contributed by atoms with Crippen molar-refractivity contribution in [3.8, 4) is 11.8 Å². The quantitative estimate of drug-likeness (QED) is 0.266. The maximum atomic E-state index is 14.9. The Morgan fingerprint density at radius 2 is 2.13 bits per heavy atom. The fraction of sp³-hybridized carbons (Fsp3) is 0.360. The van der Waals surface area contributed by atoms with Gasteiger partial charge in [0.25, 0.3) is 5.91 Å². The molecule has 2 amide bonds. The SMILES string of the molecule is C=CC(=O)N1C[C@@]([Si])(n2nc(C#Cc3cc4ncn(CC)c4c(F)c3F)c(C(N)=O)c2NC)C[C@@H]1COC. The molecule has 2 atom stereocenters. The number of nitrogens with two attached hydrogens (primary N) is 1. The maximum absolute atomic E-state index is 14.9. The molecule has 13 heteroatoms. The third kappa shape index (κ3) is 4.46. The second-order valence-corrected chi connectivity index (χ2v) is 9.74. The van der Waals surface area contributed by atoms with Crippen molar-refractivity contribution in [1.29, 1.82) is 0 Å². The molecule has 3 aromatic rings. The lowest BCUT2D eigenvalue weighted by Gasteiger charge is -2.27. The van der Waals surface area contributed by atoms with E-state index in [0.29, 0.717) is 13.0 Å². The van der Waals surface area contributed by atoms with Crippen LogP contribution in [0, 0.1) is 23.5 Å². The zero-order valence-corrected chi connectivity index (χ0v) is 22.1. The molecule has 0 unspecified atom stereocenters. The summed E-state index contributed by atoms with van der Waals surface area (Å²) < 4.78 is 38.0. The van der Waals surface area contributed by atoms with Gasteiger partial charge in [0.2, 0.25) is 5.91 Å². The summed E-state index contributed by atoms with van der Waals surface area (Å²) in [5, 5.41) is 6.47. The molecular weight excluding hydrogens is 512 g/mol. The molecule has 0 aliphatic carbocycles. The van der Waals surface area contributed by atoms with Crippen molar-refractivity contribution in [3.05, 3.63) is 53.5 Å². The topological polar surface area (TPSA) is 120 Å². The van der Waals surface area contributed by atoms with E-state index in [9.17, 15) is 18.4 Å². The fourth-order valence-corrected chi connectivity index (χ4v) is 5.31. The average Bonchev–Trinajstić information content (AvgIpc) is 3.58. The zero-order valence-electron chi connectivity index (χ0n) is 21.1. The summed E-state index contributed by atoms with van der Waals surface area (Å²) >= 11 is 0. The first-order chi connectivity index (χ1) is 18.1. The van der Waals surface area contributed by atoms with E-state index in [-0.39, 0.29) is 58.8 Å². The predicted molar refractivity (Wildman–Crippen MR) is 138 cm³/mol. The number of amides is 2. The first-order valence-corrected chi connectivity index (χ1v) is 12.2. The lowest BCUT2D eigenvalue weighted by atomic mass is 10.1. The highest BCUT2D eigenvalue weighted by Gasteiger charge is 2.46. The van der Waals surface area contributed by atoms with Gasteiger partial charge >= 0.3 is 0 Å². The van der Waals surface area contributed by atoms with E-state index < -0.39 is 22.7 Å². The van der Waals surface area contributed by atoms with E-state index in [0.717, 1.165) is 0 Å². The molecule has 1 aromatic carbocycles. The predicted octanol–water partition coefficient (Wildman–Crippen LogP) is 1.33. The van der Waals surface area contributed by atoms with Gasteiger partial charge < -0.3 is 25.3 Å². The number of likely N-dealkylation sites (tertiary alicyclic amines) is 1. The number of hydrogen-bond acceptors (Lipinski definition) is 6. The molecule has 1 aliphatic rings. The number of primary amides is 1. The van der Waals surface area contributed by atoms with Gasteiger partial charge in [0.1, 0.15) is 16.9 Å². The fourth-order valence-electron chi connectivity index (χ4n) is 4.75. The van der Waals surface area contributed by atoms with E-state index in [1.165, 1.54) is 34.8 Å². The second-order valence-electron chi connectivity index (χ2n) is 8.81. The van der Waals surface area contributed by atoms with Gasteiger partial charge in [-0.1, -0.05) is 12.5 Å². The van der Waals surface area contributed by atoms with Gasteiger partial charge in [0.05, 0.1) is 45.5 Å². The molecule has 2 aromatic heterocycles. The first-order valence-electron chi connectivity index (χ1n) is 11.7. The number of hydrogen-bond donors (Lipinski definition) is 2. The first kappa shape index (κ1) is 27.0. The molecule has 3 N–H and O–H groups in total. The number of carbonyl (C=O) groups excluding carboxylic acids is 2. The smallest absolute Gasteiger partial charge is 0.255 e. The number of ether oxygens (including phenoxy) is 1. The van der Waals surface area contributed by atoms with E-state index in [4.69, 9.17) is 10.5 Å². The van der Waals surface area contributed by atoms with E-state index in [2.05, 4.69) is 44.1 Å². The number of imidazole rings is 1. The standard InChI is InChI=1S/C25H26F2N7O3Si/c1-5-18(35)33-12-25(38,10-15(33)11-37-4)34-24(29-3)19(23(28)36)16(31-34)8-7-14-9-17-22(21(27)20(14)26)32(6-2)13-30-17/h5,9,13,15,29H,1,6,10-12H2,2-4H3,(H2,28,36)/t15-,25-/m1/s1. The zero-order chi connectivity index (χ0) is 27.8. The Labute approximate surface area is 221 Å². The van der Waals surface area contributed by atoms with Crippen LogP contribution >= 0.6 is 0 Å². The van der Waals surface area contributed by atoms with Crippen LogP contribution in [0.25, 0.3) is 11.0 Å². The van der Waals surface area contributed by atoms with Crippen molar-refractivity contribution < 1.29 is 23.1 Å². The molecule has 0 spiro atoms. The van der Waals surface area contributed by atoms with Gasteiger partial charge in [-0.2, -0.15) is 5.10 Å². The molecule has 197 valence electrons. The number of aryl methyl sites for hydroxylation is 1. The average molecular weight is 539 g/mol.